The van der Waals surface area contributed by atoms with Crippen molar-refractivity contribution in [2.75, 3.05) is 13.2 Å². The van der Waals surface area contributed by atoms with Crippen LogP contribution >= 0.6 is 43.6 Å². The van der Waals surface area contributed by atoms with E-state index in [4.69, 9.17) is 37.4 Å². The normalized spacial score (nSPS) is 11.5. The Hall–Kier alpha value is -2.28. The van der Waals surface area contributed by atoms with Crippen LogP contribution in [0.5, 0.6) is 11.5 Å². The zero-order valence-electron chi connectivity index (χ0n) is 20.3. The van der Waals surface area contributed by atoms with E-state index in [1.807, 2.05) is 45.0 Å². The minimum absolute atomic E-state index is 0.197. The molecule has 0 bridgehead atoms. The maximum Gasteiger partial charge on any atom is 0.535 e. The number of rotatable bonds is 11. The predicted molar refractivity (Wildman–Crippen MR) is 146 cm³/mol. The minimum atomic E-state index is -1.90. The summed E-state index contributed by atoms with van der Waals surface area (Å²) < 4.78 is 32.3. The van der Waals surface area contributed by atoms with Crippen molar-refractivity contribution < 1.29 is 23.6 Å². The van der Waals surface area contributed by atoms with E-state index in [0.29, 0.717) is 21.5 Å². The third-order valence-electron chi connectivity index (χ3n) is 5.04. The second-order valence-corrected chi connectivity index (χ2v) is 10.7. The molecule has 36 heavy (non-hydrogen) atoms. The molecule has 0 heterocycles. The maximum absolute atomic E-state index is 13.0. The van der Waals surface area contributed by atoms with Crippen molar-refractivity contribution in [3.63, 3.8) is 0 Å². The van der Waals surface area contributed by atoms with Gasteiger partial charge in [0.15, 0.2) is 0 Å². The molecule has 0 amide bonds. The molecule has 1 atom stereocenters. The van der Waals surface area contributed by atoms with E-state index in [0.717, 1.165) is 21.6 Å². The average molecular weight is 567 g/mol. The number of carbonyl (C=O) groups excluding carboxylic acids is 1. The van der Waals surface area contributed by atoms with Gasteiger partial charge in [-0.3, -0.25) is 4.79 Å². The number of benzene rings is 3. The van der Waals surface area contributed by atoms with Gasteiger partial charge in [-0.15, -0.1) is 4.31 Å². The number of ether oxygens (including phenoxy) is 3. The summed E-state index contributed by atoms with van der Waals surface area (Å²) in [6.07, 6.45) is 0. The molecule has 0 fully saturated rings. The monoisotopic (exact) mass is 566 g/mol. The second-order valence-electron chi connectivity index (χ2n) is 7.96. The number of halogens is 2. The molecule has 0 spiro atoms. The molecule has 0 saturated carbocycles. The summed E-state index contributed by atoms with van der Waals surface area (Å²) in [6, 6.07) is 17.8. The van der Waals surface area contributed by atoms with Crippen LogP contribution in [0.2, 0.25) is 10.0 Å². The number of hydrogen-bond donors (Lipinski definition) is 0. The predicted octanol–water partition coefficient (Wildman–Crippen LogP) is 7.58. The molecule has 0 saturated heterocycles. The Morgan fingerprint density at radius 1 is 0.917 bits per heavy atom. The lowest BCUT2D eigenvalue weighted by atomic mass is 10.2. The zero-order chi connectivity index (χ0) is 26.3. The van der Waals surface area contributed by atoms with Crippen molar-refractivity contribution in [3.8, 4) is 11.5 Å². The van der Waals surface area contributed by atoms with E-state index in [1.54, 1.807) is 43.3 Å². The minimum Gasteiger partial charge on any atom is -0.465 e. The largest absolute Gasteiger partial charge is 0.535 e. The second kappa shape index (κ2) is 12.8. The molecule has 0 aliphatic heterocycles. The Labute approximate surface area is 227 Å². The van der Waals surface area contributed by atoms with Gasteiger partial charge in [0.1, 0.15) is 18.0 Å². The van der Waals surface area contributed by atoms with Crippen LogP contribution in [-0.2, 0) is 14.1 Å². The molecule has 0 radical (unpaired) electrons. The summed E-state index contributed by atoms with van der Waals surface area (Å²) in [4.78, 5) is 13.4. The highest BCUT2D eigenvalue weighted by atomic mass is 35.5. The van der Waals surface area contributed by atoms with Gasteiger partial charge in [-0.2, -0.15) is 0 Å². The Morgan fingerprint density at radius 2 is 1.44 bits per heavy atom. The van der Waals surface area contributed by atoms with E-state index in [-0.39, 0.29) is 13.2 Å². The van der Waals surface area contributed by atoms with Crippen LogP contribution in [-0.4, -0.2) is 29.1 Å². The van der Waals surface area contributed by atoms with E-state index >= 15 is 0 Å². The fourth-order valence-corrected chi connectivity index (χ4v) is 5.00. The van der Waals surface area contributed by atoms with Gasteiger partial charge >= 0.3 is 20.1 Å². The number of hydrogen-bond acceptors (Lipinski definition) is 7. The molecular formula is C26H27Cl2NO5PS+. The maximum atomic E-state index is 13.0. The lowest BCUT2D eigenvalue weighted by molar-refractivity contribution is -0.153. The van der Waals surface area contributed by atoms with Gasteiger partial charge in [-0.05, 0) is 99.3 Å². The Balaban J connectivity index is 2.11. The molecule has 0 aliphatic rings. The van der Waals surface area contributed by atoms with Gasteiger partial charge in [0.2, 0.25) is 0 Å². The molecule has 10 heteroatoms. The van der Waals surface area contributed by atoms with Crippen molar-refractivity contribution in [2.24, 2.45) is 0 Å². The summed E-state index contributed by atoms with van der Waals surface area (Å²) in [5.41, 5.74) is 0.711. The van der Waals surface area contributed by atoms with Gasteiger partial charge in [0, 0.05) is 14.9 Å². The topological polar surface area (TPSA) is 65.1 Å². The van der Waals surface area contributed by atoms with Crippen molar-refractivity contribution in [1.82, 2.24) is 4.31 Å². The Morgan fingerprint density at radius 3 is 1.89 bits per heavy atom. The highest BCUT2D eigenvalue weighted by molar-refractivity contribution is 7.97. The van der Waals surface area contributed by atoms with Gasteiger partial charge in [0.05, 0.1) is 6.61 Å². The summed E-state index contributed by atoms with van der Waals surface area (Å²) in [5.74, 6) is 0.208. The van der Waals surface area contributed by atoms with E-state index in [9.17, 15) is 9.36 Å². The van der Waals surface area contributed by atoms with Crippen LogP contribution < -0.4 is 9.47 Å². The van der Waals surface area contributed by atoms with Crippen molar-refractivity contribution in [2.45, 2.75) is 38.2 Å². The first-order valence-corrected chi connectivity index (χ1v) is 13.6. The SMILES string of the molecule is CCOC(=O)CN(Sc1ccc(C)cc1)C(Oc1ccc(Cl)c(C)c1)(Oc1ccc(Cl)c(C)c1)[PH+]=O. The first kappa shape index (κ1) is 28.3. The first-order valence-electron chi connectivity index (χ1n) is 11.1. The average Bonchev–Trinajstić information content (AvgIpc) is 2.84. The highest BCUT2D eigenvalue weighted by Gasteiger charge is 2.54. The summed E-state index contributed by atoms with van der Waals surface area (Å²) in [5, 5.41) is 1.12. The molecule has 1 unspecified atom stereocenters. The Bertz CT molecular complexity index is 1170. The van der Waals surface area contributed by atoms with Gasteiger partial charge < -0.3 is 14.2 Å². The van der Waals surface area contributed by atoms with E-state index in [1.165, 1.54) is 16.3 Å². The summed E-state index contributed by atoms with van der Waals surface area (Å²) >= 11 is 13.6. The lowest BCUT2D eigenvalue weighted by Crippen LogP contribution is -2.52. The number of esters is 1. The molecule has 0 aliphatic carbocycles. The fourth-order valence-electron chi connectivity index (χ4n) is 3.14. The fraction of sp³-hybridized carbons (Fsp3) is 0.269. The quantitative estimate of drug-likeness (QED) is 0.102. The first-order chi connectivity index (χ1) is 17.2. The smallest absolute Gasteiger partial charge is 0.465 e. The molecular weight excluding hydrogens is 540 g/mol. The highest BCUT2D eigenvalue weighted by Crippen LogP contribution is 2.41. The van der Waals surface area contributed by atoms with Crippen LogP contribution in [0.1, 0.15) is 23.6 Å². The van der Waals surface area contributed by atoms with Crippen molar-refractivity contribution in [1.29, 1.82) is 0 Å². The number of carbonyl (C=O) groups is 1. The molecule has 3 rings (SSSR count). The van der Waals surface area contributed by atoms with Crippen molar-refractivity contribution in [3.05, 3.63) is 87.4 Å². The molecule has 190 valence electrons. The van der Waals surface area contributed by atoms with E-state index < -0.39 is 20.1 Å². The molecule has 6 nitrogen and oxygen atoms in total. The van der Waals surface area contributed by atoms with Gasteiger partial charge in [-0.1, -0.05) is 45.5 Å². The summed E-state index contributed by atoms with van der Waals surface area (Å²) in [7, 11) is -1.17. The molecule has 0 N–H and O–H groups in total. The third-order valence-corrected chi connectivity index (χ3v) is 7.86. The lowest BCUT2D eigenvalue weighted by Gasteiger charge is -2.31. The Kier molecular flexibility index (Phi) is 10.1. The van der Waals surface area contributed by atoms with Crippen LogP contribution in [0.3, 0.4) is 0 Å². The van der Waals surface area contributed by atoms with Crippen LogP contribution in [0.4, 0.5) is 0 Å². The van der Waals surface area contributed by atoms with Crippen LogP contribution in [0.25, 0.3) is 0 Å². The third kappa shape index (κ3) is 7.37. The molecule has 3 aromatic rings. The molecule has 0 aromatic heterocycles. The van der Waals surface area contributed by atoms with Gasteiger partial charge in [-0.25, -0.2) is 0 Å². The van der Waals surface area contributed by atoms with Crippen LogP contribution in [0, 0.1) is 20.8 Å². The van der Waals surface area contributed by atoms with E-state index in [2.05, 4.69) is 0 Å². The summed E-state index contributed by atoms with van der Waals surface area (Å²) in [6.45, 7) is 7.29. The van der Waals surface area contributed by atoms with Crippen molar-refractivity contribution >= 4 is 49.6 Å². The molecule has 3 aromatic carbocycles. The number of aryl methyl sites for hydroxylation is 3. The number of nitrogens with zero attached hydrogens (tertiary/aromatic N) is 1. The standard InChI is InChI=1S/C26H26Cl2NO5PS/c1-5-32-25(30)16-29(36-22-10-6-17(2)7-11-22)26(35-31,33-20-8-12-23(27)18(3)14-20)34-21-9-13-24(28)19(4)15-21/h6-15H,5,16H2,1-4H3/p+1. The van der Waals surface area contributed by atoms with Crippen LogP contribution in [0.15, 0.2) is 65.6 Å². The zero-order valence-corrected chi connectivity index (χ0v) is 23.7. The van der Waals surface area contributed by atoms with Gasteiger partial charge in [0.25, 0.3) is 0 Å².